The number of nitrogens with two attached hydrogens (primary N) is 1. The van der Waals surface area contributed by atoms with Crippen molar-refractivity contribution >= 4 is 32.7 Å². The number of pyridine rings is 1. The van der Waals surface area contributed by atoms with E-state index in [1.165, 1.54) is 6.07 Å². The van der Waals surface area contributed by atoms with Gasteiger partial charge in [0.05, 0.1) is 11.6 Å². The van der Waals surface area contributed by atoms with Gasteiger partial charge >= 0.3 is 0 Å². The number of hydrogen-bond donors (Lipinski definition) is 1. The first-order valence-electron chi connectivity index (χ1n) is 7.46. The molecule has 4 nitrogen and oxygen atoms in total. The standard InChI is InChI=1S/C18H15FN2O2S2/c1-11-3-2-4-16(21-11)14-7-5-13(10-17(14)24)12-6-8-18(15(19)9-12)25(20,22)23/h2-10,14H,1H3,(H2,20,22,23). The molecule has 0 spiro atoms. The monoisotopic (exact) mass is 374 g/mol. The molecule has 1 heterocycles. The van der Waals surface area contributed by atoms with Gasteiger partial charge in [-0.05, 0) is 48.4 Å². The highest BCUT2D eigenvalue weighted by Crippen LogP contribution is 2.29. The van der Waals surface area contributed by atoms with E-state index in [0.29, 0.717) is 16.0 Å². The van der Waals surface area contributed by atoms with E-state index >= 15 is 0 Å². The molecule has 0 fully saturated rings. The molecule has 25 heavy (non-hydrogen) atoms. The lowest BCUT2D eigenvalue weighted by atomic mass is 9.90. The van der Waals surface area contributed by atoms with Crippen LogP contribution < -0.4 is 5.14 Å². The molecule has 2 N–H and O–H groups in total. The van der Waals surface area contributed by atoms with Gasteiger partial charge in [0.25, 0.3) is 0 Å². The van der Waals surface area contributed by atoms with E-state index in [1.807, 2.05) is 37.3 Å². The second-order valence-corrected chi connectivity index (χ2v) is 7.73. The van der Waals surface area contributed by atoms with E-state index in [4.69, 9.17) is 17.4 Å². The number of rotatable bonds is 3. The number of halogens is 1. The highest BCUT2D eigenvalue weighted by atomic mass is 32.2. The number of allylic oxidation sites excluding steroid dienone is 4. The molecule has 0 aliphatic heterocycles. The first-order valence-corrected chi connectivity index (χ1v) is 9.41. The summed E-state index contributed by atoms with van der Waals surface area (Å²) in [4.78, 5) is 4.62. The van der Waals surface area contributed by atoms with Gasteiger partial charge in [-0.2, -0.15) is 0 Å². The summed E-state index contributed by atoms with van der Waals surface area (Å²) in [5, 5.41) is 4.98. The number of thiocarbonyl (C=S) groups is 1. The van der Waals surface area contributed by atoms with Crippen LogP contribution in [0.5, 0.6) is 0 Å². The molecule has 0 bridgehead atoms. The quantitative estimate of drug-likeness (QED) is 0.837. The van der Waals surface area contributed by atoms with Gasteiger partial charge in [0, 0.05) is 10.6 Å². The Morgan fingerprint density at radius 2 is 2.00 bits per heavy atom. The molecule has 128 valence electrons. The summed E-state index contributed by atoms with van der Waals surface area (Å²) in [6.07, 6.45) is 5.51. The van der Waals surface area contributed by atoms with Crippen molar-refractivity contribution in [3.63, 3.8) is 0 Å². The molecule has 1 aliphatic rings. The van der Waals surface area contributed by atoms with Crippen LogP contribution in [-0.2, 0) is 10.0 Å². The van der Waals surface area contributed by atoms with Gasteiger partial charge in [0.1, 0.15) is 10.7 Å². The van der Waals surface area contributed by atoms with Crippen molar-refractivity contribution in [2.75, 3.05) is 0 Å². The van der Waals surface area contributed by atoms with Crippen LogP contribution in [0.4, 0.5) is 4.39 Å². The van der Waals surface area contributed by atoms with Crippen molar-refractivity contribution in [2.24, 2.45) is 5.14 Å². The molecule has 1 unspecified atom stereocenters. The Morgan fingerprint density at radius 3 is 2.60 bits per heavy atom. The molecule has 1 aromatic carbocycles. The van der Waals surface area contributed by atoms with Gasteiger partial charge in [-0.1, -0.05) is 36.5 Å². The topological polar surface area (TPSA) is 73.1 Å². The van der Waals surface area contributed by atoms with Crippen LogP contribution in [0, 0.1) is 12.7 Å². The van der Waals surface area contributed by atoms with Crippen molar-refractivity contribution < 1.29 is 12.8 Å². The zero-order valence-electron chi connectivity index (χ0n) is 13.3. The zero-order chi connectivity index (χ0) is 18.2. The van der Waals surface area contributed by atoms with Crippen LogP contribution in [0.1, 0.15) is 22.9 Å². The number of aryl methyl sites for hydroxylation is 1. The summed E-state index contributed by atoms with van der Waals surface area (Å²) in [7, 11) is -4.09. The highest BCUT2D eigenvalue weighted by Gasteiger charge is 2.20. The van der Waals surface area contributed by atoms with Crippen LogP contribution in [0.25, 0.3) is 5.57 Å². The summed E-state index contributed by atoms with van der Waals surface area (Å²) < 4.78 is 36.6. The van der Waals surface area contributed by atoms with E-state index in [0.717, 1.165) is 23.5 Å². The van der Waals surface area contributed by atoms with Crippen LogP contribution in [0.3, 0.4) is 0 Å². The number of benzene rings is 1. The molecule has 0 radical (unpaired) electrons. The minimum Gasteiger partial charge on any atom is -0.257 e. The zero-order valence-corrected chi connectivity index (χ0v) is 14.9. The molecule has 3 rings (SSSR count). The Balaban J connectivity index is 1.92. The van der Waals surface area contributed by atoms with Crippen molar-refractivity contribution in [3.8, 4) is 0 Å². The molecular formula is C18H15FN2O2S2. The molecular weight excluding hydrogens is 359 g/mol. The molecule has 1 aromatic heterocycles. The SMILES string of the molecule is Cc1cccc(C2C=CC(c3ccc(S(N)(=O)=O)c(F)c3)=CC2=S)n1. The van der Waals surface area contributed by atoms with Crippen molar-refractivity contribution in [1.29, 1.82) is 0 Å². The van der Waals surface area contributed by atoms with Crippen LogP contribution >= 0.6 is 12.2 Å². The minimum absolute atomic E-state index is 0.118. The Labute approximate surface area is 151 Å². The third-order valence-corrected chi connectivity index (χ3v) is 5.19. The lowest BCUT2D eigenvalue weighted by Crippen LogP contribution is -2.14. The van der Waals surface area contributed by atoms with Crippen molar-refractivity contribution in [1.82, 2.24) is 4.98 Å². The summed E-state index contributed by atoms with van der Waals surface area (Å²) in [5.41, 5.74) is 2.99. The van der Waals surface area contributed by atoms with Gasteiger partial charge in [0.15, 0.2) is 0 Å². The average molecular weight is 374 g/mol. The number of sulfonamides is 1. The largest absolute Gasteiger partial charge is 0.257 e. The summed E-state index contributed by atoms with van der Waals surface area (Å²) in [6.45, 7) is 1.91. The van der Waals surface area contributed by atoms with E-state index in [2.05, 4.69) is 4.98 Å². The molecule has 0 saturated carbocycles. The average Bonchev–Trinajstić information content (AvgIpc) is 2.53. The van der Waals surface area contributed by atoms with Crippen molar-refractivity contribution in [2.45, 2.75) is 17.7 Å². The minimum atomic E-state index is -4.09. The smallest absolute Gasteiger partial charge is 0.240 e. The second kappa shape index (κ2) is 6.59. The molecule has 1 atom stereocenters. The summed E-state index contributed by atoms with van der Waals surface area (Å²) in [5.74, 6) is -1.00. The number of primary sulfonamides is 1. The lowest BCUT2D eigenvalue weighted by molar-refractivity contribution is 0.568. The number of aromatic nitrogens is 1. The van der Waals surface area contributed by atoms with Crippen molar-refractivity contribution in [3.05, 3.63) is 77.4 Å². The molecule has 0 saturated heterocycles. The molecule has 7 heteroatoms. The molecule has 2 aromatic rings. The summed E-state index contributed by atoms with van der Waals surface area (Å²) in [6, 6.07) is 9.56. The first kappa shape index (κ1) is 17.6. The maximum Gasteiger partial charge on any atom is 0.240 e. The fourth-order valence-electron chi connectivity index (χ4n) is 2.66. The third kappa shape index (κ3) is 3.73. The Hall–Kier alpha value is -2.22. The van der Waals surface area contributed by atoms with E-state index < -0.39 is 20.7 Å². The van der Waals surface area contributed by atoms with E-state index in [-0.39, 0.29) is 5.92 Å². The fourth-order valence-corrected chi connectivity index (χ4v) is 3.57. The fraction of sp³-hybridized carbons (Fsp3) is 0.111. The Morgan fingerprint density at radius 1 is 1.24 bits per heavy atom. The Bertz CT molecular complexity index is 1030. The first-order chi connectivity index (χ1) is 11.8. The number of hydrogen-bond acceptors (Lipinski definition) is 4. The van der Waals surface area contributed by atoms with E-state index in [9.17, 15) is 12.8 Å². The van der Waals surface area contributed by atoms with Gasteiger partial charge in [-0.15, -0.1) is 0 Å². The van der Waals surface area contributed by atoms with Gasteiger partial charge < -0.3 is 0 Å². The van der Waals surface area contributed by atoms with E-state index in [1.54, 1.807) is 6.08 Å². The maximum atomic E-state index is 14.0. The third-order valence-electron chi connectivity index (χ3n) is 3.87. The maximum absolute atomic E-state index is 14.0. The predicted octanol–water partition coefficient (Wildman–Crippen LogP) is 3.28. The predicted molar refractivity (Wildman–Crippen MR) is 99.2 cm³/mol. The van der Waals surface area contributed by atoms with Gasteiger partial charge in [0.2, 0.25) is 10.0 Å². The number of nitrogens with zero attached hydrogens (tertiary/aromatic N) is 1. The highest BCUT2D eigenvalue weighted by molar-refractivity contribution is 7.89. The normalized spacial score (nSPS) is 17.5. The molecule has 0 amide bonds. The lowest BCUT2D eigenvalue weighted by Gasteiger charge is -2.18. The summed E-state index contributed by atoms with van der Waals surface area (Å²) >= 11 is 5.47. The van der Waals surface area contributed by atoms with Crippen LogP contribution in [0.15, 0.2) is 59.5 Å². The second-order valence-electron chi connectivity index (χ2n) is 5.73. The molecule has 1 aliphatic carbocycles. The van der Waals surface area contributed by atoms with Crippen LogP contribution in [-0.4, -0.2) is 18.3 Å². The van der Waals surface area contributed by atoms with Crippen LogP contribution in [0.2, 0.25) is 0 Å². The van der Waals surface area contributed by atoms with Gasteiger partial charge in [-0.25, -0.2) is 17.9 Å². The van der Waals surface area contributed by atoms with Gasteiger partial charge in [-0.3, -0.25) is 4.98 Å². The Kier molecular flexibility index (Phi) is 4.64.